The zero-order valence-corrected chi connectivity index (χ0v) is 8.13. The Labute approximate surface area is 74.1 Å². The Balaban J connectivity index is 2.25. The van der Waals surface area contributed by atoms with Gasteiger partial charge in [-0.15, -0.1) is 0 Å². The quantitative estimate of drug-likeness (QED) is 0.665. The fourth-order valence-electron chi connectivity index (χ4n) is 1.39. The van der Waals surface area contributed by atoms with Gasteiger partial charge in [0.1, 0.15) is 0 Å². The van der Waals surface area contributed by atoms with Crippen LogP contribution in [0.1, 0.15) is 19.8 Å². The topological polar surface area (TPSA) is 32.3 Å². The molecule has 0 aromatic rings. The van der Waals surface area contributed by atoms with Gasteiger partial charge < -0.3 is 5.32 Å². The number of carbonyl (C=O) groups excluding carboxylic acids is 1. The summed E-state index contributed by atoms with van der Waals surface area (Å²) < 4.78 is 0. The lowest BCUT2D eigenvalue weighted by Crippen LogP contribution is -2.39. The van der Waals surface area contributed by atoms with Crippen LogP contribution in [0.3, 0.4) is 0 Å². The van der Waals surface area contributed by atoms with E-state index in [4.69, 9.17) is 0 Å². The number of amides is 1. The predicted molar refractivity (Wildman–Crippen MR) is 48.9 cm³/mol. The van der Waals surface area contributed by atoms with Crippen LogP contribution < -0.4 is 5.32 Å². The van der Waals surface area contributed by atoms with Gasteiger partial charge in [-0.05, 0) is 32.7 Å². The van der Waals surface area contributed by atoms with E-state index in [0.717, 1.165) is 5.92 Å². The maximum atomic E-state index is 11.0. The summed E-state index contributed by atoms with van der Waals surface area (Å²) in [6.45, 7) is 2.72. The third-order valence-electron chi connectivity index (χ3n) is 2.67. The molecule has 1 aliphatic rings. The molecule has 0 radical (unpaired) electrons. The van der Waals surface area contributed by atoms with Gasteiger partial charge in [-0.3, -0.25) is 9.69 Å². The summed E-state index contributed by atoms with van der Waals surface area (Å²) in [4.78, 5) is 13.1. The fraction of sp³-hybridized carbons (Fsp3) is 0.889. The van der Waals surface area contributed by atoms with Gasteiger partial charge in [-0.2, -0.15) is 0 Å². The van der Waals surface area contributed by atoms with Gasteiger partial charge in [-0.25, -0.2) is 0 Å². The Bertz CT molecular complexity index is 166. The first-order chi connectivity index (χ1) is 5.65. The van der Waals surface area contributed by atoms with Crippen LogP contribution in [0.15, 0.2) is 0 Å². The third kappa shape index (κ3) is 2.48. The average molecular weight is 170 g/mol. The number of hydrogen-bond donors (Lipinski definition) is 1. The summed E-state index contributed by atoms with van der Waals surface area (Å²) in [6.07, 6.45) is 2.67. The maximum Gasteiger partial charge on any atom is 0.233 e. The van der Waals surface area contributed by atoms with Crippen molar-refractivity contribution in [3.8, 4) is 0 Å². The number of nitrogens with zero attached hydrogens (tertiary/aromatic N) is 1. The van der Waals surface area contributed by atoms with Crippen molar-refractivity contribution in [2.45, 2.75) is 25.8 Å². The summed E-state index contributed by atoms with van der Waals surface area (Å²) in [5.74, 6) is 0.935. The molecule has 1 amide bonds. The lowest BCUT2D eigenvalue weighted by molar-refractivity contribution is -0.121. The summed E-state index contributed by atoms with van der Waals surface area (Å²) >= 11 is 0. The summed E-state index contributed by atoms with van der Waals surface area (Å²) in [7, 11) is 3.69. The van der Waals surface area contributed by atoms with Gasteiger partial charge in [0.25, 0.3) is 0 Å². The van der Waals surface area contributed by atoms with E-state index < -0.39 is 0 Å². The molecule has 1 fully saturated rings. The molecular weight excluding hydrogens is 152 g/mol. The SMILES string of the molecule is CNC(=O)CN(C)C(C)C1CC1. The van der Waals surface area contributed by atoms with Gasteiger partial charge >= 0.3 is 0 Å². The molecule has 1 rings (SSSR count). The van der Waals surface area contributed by atoms with Crippen molar-refractivity contribution >= 4 is 5.91 Å². The van der Waals surface area contributed by atoms with Crippen LogP contribution in [0.25, 0.3) is 0 Å². The van der Waals surface area contributed by atoms with Crippen molar-refractivity contribution in [1.29, 1.82) is 0 Å². The molecule has 0 aromatic carbocycles. The van der Waals surface area contributed by atoms with Crippen molar-refractivity contribution in [3.63, 3.8) is 0 Å². The molecular formula is C9H18N2O. The van der Waals surface area contributed by atoms with Gasteiger partial charge in [0, 0.05) is 13.1 Å². The first kappa shape index (κ1) is 9.52. The van der Waals surface area contributed by atoms with E-state index in [1.165, 1.54) is 12.8 Å². The largest absolute Gasteiger partial charge is 0.358 e. The Morgan fingerprint density at radius 2 is 2.25 bits per heavy atom. The highest BCUT2D eigenvalue weighted by atomic mass is 16.1. The smallest absolute Gasteiger partial charge is 0.233 e. The molecule has 3 nitrogen and oxygen atoms in total. The molecule has 0 heterocycles. The number of likely N-dealkylation sites (N-methyl/N-ethyl adjacent to an activating group) is 2. The van der Waals surface area contributed by atoms with Crippen LogP contribution in [0, 0.1) is 5.92 Å². The number of nitrogens with one attached hydrogen (secondary N) is 1. The third-order valence-corrected chi connectivity index (χ3v) is 2.67. The van der Waals surface area contributed by atoms with E-state index in [0.29, 0.717) is 12.6 Å². The molecule has 1 unspecified atom stereocenters. The van der Waals surface area contributed by atoms with Gasteiger partial charge in [0.2, 0.25) is 5.91 Å². The lowest BCUT2D eigenvalue weighted by Gasteiger charge is -2.23. The molecule has 70 valence electrons. The second kappa shape index (κ2) is 3.90. The Hall–Kier alpha value is -0.570. The van der Waals surface area contributed by atoms with E-state index in [9.17, 15) is 4.79 Å². The number of carbonyl (C=O) groups is 1. The zero-order chi connectivity index (χ0) is 9.14. The minimum absolute atomic E-state index is 0.102. The maximum absolute atomic E-state index is 11.0. The summed E-state index contributed by atoms with van der Waals surface area (Å²) in [6, 6.07) is 0.558. The Morgan fingerprint density at radius 1 is 1.67 bits per heavy atom. The van der Waals surface area contributed by atoms with E-state index in [1.807, 2.05) is 7.05 Å². The van der Waals surface area contributed by atoms with Gasteiger partial charge in [0.15, 0.2) is 0 Å². The Morgan fingerprint density at radius 3 is 2.67 bits per heavy atom. The van der Waals surface area contributed by atoms with Crippen molar-refractivity contribution in [2.75, 3.05) is 20.6 Å². The van der Waals surface area contributed by atoms with E-state index >= 15 is 0 Å². The molecule has 1 atom stereocenters. The minimum Gasteiger partial charge on any atom is -0.358 e. The number of hydrogen-bond acceptors (Lipinski definition) is 2. The normalized spacial score (nSPS) is 19.3. The van der Waals surface area contributed by atoms with Crippen LogP contribution in [0.2, 0.25) is 0 Å². The molecule has 0 saturated heterocycles. The molecule has 12 heavy (non-hydrogen) atoms. The van der Waals surface area contributed by atoms with E-state index in [-0.39, 0.29) is 5.91 Å². The standard InChI is InChI=1S/C9H18N2O/c1-7(8-4-5-8)11(3)6-9(12)10-2/h7-8H,4-6H2,1-3H3,(H,10,12). The minimum atomic E-state index is 0.102. The van der Waals surface area contributed by atoms with Crippen LogP contribution in [0.4, 0.5) is 0 Å². The van der Waals surface area contributed by atoms with Gasteiger partial charge in [0.05, 0.1) is 6.54 Å². The molecule has 1 N–H and O–H groups in total. The predicted octanol–water partition coefficient (Wildman–Crippen LogP) is 0.463. The van der Waals surface area contributed by atoms with Crippen molar-refractivity contribution in [3.05, 3.63) is 0 Å². The van der Waals surface area contributed by atoms with E-state index in [1.54, 1.807) is 7.05 Å². The van der Waals surface area contributed by atoms with Crippen LogP contribution >= 0.6 is 0 Å². The second-order valence-electron chi connectivity index (χ2n) is 3.67. The van der Waals surface area contributed by atoms with Crippen LogP contribution in [-0.2, 0) is 4.79 Å². The highest BCUT2D eigenvalue weighted by molar-refractivity contribution is 5.77. The van der Waals surface area contributed by atoms with E-state index in [2.05, 4.69) is 17.1 Å². The monoisotopic (exact) mass is 170 g/mol. The second-order valence-corrected chi connectivity index (χ2v) is 3.67. The first-order valence-corrected chi connectivity index (χ1v) is 4.56. The van der Waals surface area contributed by atoms with Crippen molar-refractivity contribution < 1.29 is 4.79 Å². The number of rotatable bonds is 4. The molecule has 0 bridgehead atoms. The fourth-order valence-corrected chi connectivity index (χ4v) is 1.39. The highest BCUT2D eigenvalue weighted by Gasteiger charge is 2.30. The van der Waals surface area contributed by atoms with Crippen LogP contribution in [-0.4, -0.2) is 37.5 Å². The van der Waals surface area contributed by atoms with Crippen molar-refractivity contribution in [1.82, 2.24) is 10.2 Å². The average Bonchev–Trinajstić information content (AvgIpc) is 2.85. The summed E-state index contributed by atoms with van der Waals surface area (Å²) in [5, 5.41) is 2.63. The molecule has 0 aromatic heterocycles. The summed E-state index contributed by atoms with van der Waals surface area (Å²) in [5.41, 5.74) is 0. The zero-order valence-electron chi connectivity index (χ0n) is 8.13. The lowest BCUT2D eigenvalue weighted by atomic mass is 10.2. The van der Waals surface area contributed by atoms with Crippen LogP contribution in [0.5, 0.6) is 0 Å². The molecule has 1 saturated carbocycles. The molecule has 0 spiro atoms. The van der Waals surface area contributed by atoms with Crippen molar-refractivity contribution in [2.24, 2.45) is 5.92 Å². The molecule has 1 aliphatic carbocycles. The highest BCUT2D eigenvalue weighted by Crippen LogP contribution is 2.34. The Kier molecular flexibility index (Phi) is 3.09. The van der Waals surface area contributed by atoms with Gasteiger partial charge in [-0.1, -0.05) is 0 Å². The molecule has 0 aliphatic heterocycles. The molecule has 3 heteroatoms. The first-order valence-electron chi connectivity index (χ1n) is 4.56.